The molecule has 0 amide bonds. The van der Waals surface area contributed by atoms with Crippen molar-refractivity contribution in [3.05, 3.63) is 41.5 Å². The van der Waals surface area contributed by atoms with Crippen LogP contribution >= 0.6 is 11.8 Å². The van der Waals surface area contributed by atoms with Gasteiger partial charge in [-0.25, -0.2) is 4.39 Å². The molecule has 0 radical (unpaired) electrons. The SMILES string of the molecule is CSc1nnc(/C=C/c2ccc(F)cc2)o1. The van der Waals surface area contributed by atoms with Crippen LogP contribution < -0.4 is 0 Å². The zero-order valence-corrected chi connectivity index (χ0v) is 9.37. The summed E-state index contributed by atoms with van der Waals surface area (Å²) in [5.74, 6) is 0.188. The molecule has 0 saturated carbocycles. The molecule has 1 heterocycles. The van der Waals surface area contributed by atoms with Gasteiger partial charge in [0.2, 0.25) is 5.89 Å². The molecule has 82 valence electrons. The normalized spacial score (nSPS) is 11.1. The van der Waals surface area contributed by atoms with Gasteiger partial charge in [-0.1, -0.05) is 23.9 Å². The van der Waals surface area contributed by atoms with Crippen LogP contribution in [0, 0.1) is 5.82 Å². The minimum absolute atomic E-state index is 0.250. The first kappa shape index (κ1) is 10.9. The van der Waals surface area contributed by atoms with Crippen molar-refractivity contribution in [2.45, 2.75) is 5.22 Å². The van der Waals surface area contributed by atoms with E-state index in [1.165, 1.54) is 23.9 Å². The van der Waals surface area contributed by atoms with Gasteiger partial charge >= 0.3 is 0 Å². The van der Waals surface area contributed by atoms with Crippen molar-refractivity contribution in [1.29, 1.82) is 0 Å². The van der Waals surface area contributed by atoms with Gasteiger partial charge < -0.3 is 4.42 Å². The van der Waals surface area contributed by atoms with E-state index in [-0.39, 0.29) is 5.82 Å². The topological polar surface area (TPSA) is 38.9 Å². The number of halogens is 1. The van der Waals surface area contributed by atoms with Gasteiger partial charge in [-0.3, -0.25) is 0 Å². The Balaban J connectivity index is 2.11. The van der Waals surface area contributed by atoms with Gasteiger partial charge in [0, 0.05) is 6.08 Å². The third-order valence-electron chi connectivity index (χ3n) is 1.89. The van der Waals surface area contributed by atoms with E-state index in [4.69, 9.17) is 4.42 Å². The van der Waals surface area contributed by atoms with Crippen molar-refractivity contribution in [3.8, 4) is 0 Å². The molecule has 3 nitrogen and oxygen atoms in total. The number of aromatic nitrogens is 2. The summed E-state index contributed by atoms with van der Waals surface area (Å²) in [5.41, 5.74) is 0.880. The summed E-state index contributed by atoms with van der Waals surface area (Å²) in [6, 6.07) is 6.16. The van der Waals surface area contributed by atoms with Crippen LogP contribution in [-0.4, -0.2) is 16.5 Å². The number of hydrogen-bond acceptors (Lipinski definition) is 4. The van der Waals surface area contributed by atoms with Crippen molar-refractivity contribution in [3.63, 3.8) is 0 Å². The van der Waals surface area contributed by atoms with Crippen molar-refractivity contribution in [2.24, 2.45) is 0 Å². The number of rotatable bonds is 3. The van der Waals surface area contributed by atoms with E-state index in [0.717, 1.165) is 5.56 Å². The highest BCUT2D eigenvalue weighted by Crippen LogP contribution is 2.14. The molecule has 0 aliphatic carbocycles. The number of nitrogens with zero attached hydrogens (tertiary/aromatic N) is 2. The highest BCUT2D eigenvalue weighted by molar-refractivity contribution is 7.98. The van der Waals surface area contributed by atoms with E-state index in [1.54, 1.807) is 24.3 Å². The molecule has 2 aromatic rings. The van der Waals surface area contributed by atoms with Gasteiger partial charge in [0.25, 0.3) is 5.22 Å². The van der Waals surface area contributed by atoms with Crippen LogP contribution in [0.1, 0.15) is 11.5 Å². The van der Waals surface area contributed by atoms with Gasteiger partial charge in [-0.15, -0.1) is 10.2 Å². The van der Waals surface area contributed by atoms with Crippen LogP contribution in [0.5, 0.6) is 0 Å². The highest BCUT2D eigenvalue weighted by atomic mass is 32.2. The lowest BCUT2D eigenvalue weighted by Gasteiger charge is -1.91. The first-order valence-corrected chi connectivity index (χ1v) is 5.81. The summed E-state index contributed by atoms with van der Waals surface area (Å²) in [7, 11) is 0. The lowest BCUT2D eigenvalue weighted by molar-refractivity contribution is 0.447. The van der Waals surface area contributed by atoms with Crippen molar-refractivity contribution >= 4 is 23.9 Å². The van der Waals surface area contributed by atoms with E-state index in [1.807, 2.05) is 6.26 Å². The summed E-state index contributed by atoms with van der Waals surface area (Å²) >= 11 is 1.39. The fourth-order valence-corrected chi connectivity index (χ4v) is 1.40. The molecule has 0 fully saturated rings. The number of hydrogen-bond donors (Lipinski definition) is 0. The van der Waals surface area contributed by atoms with Crippen molar-refractivity contribution < 1.29 is 8.81 Å². The Morgan fingerprint density at radius 2 is 1.94 bits per heavy atom. The summed E-state index contributed by atoms with van der Waals surface area (Å²) in [4.78, 5) is 0. The molecule has 0 spiro atoms. The second-order valence-electron chi connectivity index (χ2n) is 3.00. The summed E-state index contributed by atoms with van der Waals surface area (Å²) in [6.07, 6.45) is 5.35. The van der Waals surface area contributed by atoms with Crippen LogP contribution in [0.15, 0.2) is 33.9 Å². The Labute approximate surface area is 96.4 Å². The Bertz CT molecular complexity index is 493. The first-order valence-electron chi connectivity index (χ1n) is 4.59. The van der Waals surface area contributed by atoms with E-state index in [9.17, 15) is 4.39 Å². The zero-order chi connectivity index (χ0) is 11.4. The molecule has 0 aliphatic heterocycles. The molecule has 1 aromatic carbocycles. The van der Waals surface area contributed by atoms with Crippen LogP contribution in [0.4, 0.5) is 4.39 Å². The molecule has 0 N–H and O–H groups in total. The molecular weight excluding hydrogens is 227 g/mol. The lowest BCUT2D eigenvalue weighted by Crippen LogP contribution is -1.75. The second kappa shape index (κ2) is 4.94. The van der Waals surface area contributed by atoms with Gasteiger partial charge in [0.15, 0.2) is 0 Å². The first-order chi connectivity index (χ1) is 7.78. The minimum atomic E-state index is -0.250. The van der Waals surface area contributed by atoms with E-state index in [2.05, 4.69) is 10.2 Å². The summed E-state index contributed by atoms with van der Waals surface area (Å²) in [5, 5.41) is 8.14. The minimum Gasteiger partial charge on any atom is -0.412 e. The molecule has 0 unspecified atom stereocenters. The Hall–Kier alpha value is -1.62. The molecule has 0 bridgehead atoms. The van der Waals surface area contributed by atoms with E-state index >= 15 is 0 Å². The third-order valence-corrected chi connectivity index (χ3v) is 2.40. The van der Waals surface area contributed by atoms with E-state index in [0.29, 0.717) is 11.1 Å². The average Bonchev–Trinajstić information content (AvgIpc) is 2.76. The summed E-state index contributed by atoms with van der Waals surface area (Å²) < 4.78 is 17.9. The quantitative estimate of drug-likeness (QED) is 0.767. The maximum absolute atomic E-state index is 12.6. The molecule has 1 aromatic heterocycles. The molecule has 16 heavy (non-hydrogen) atoms. The maximum Gasteiger partial charge on any atom is 0.276 e. The van der Waals surface area contributed by atoms with Gasteiger partial charge in [0.05, 0.1) is 0 Å². The third kappa shape index (κ3) is 2.70. The maximum atomic E-state index is 12.6. The van der Waals surface area contributed by atoms with Crippen molar-refractivity contribution in [2.75, 3.05) is 6.26 Å². The van der Waals surface area contributed by atoms with Crippen molar-refractivity contribution in [1.82, 2.24) is 10.2 Å². The van der Waals surface area contributed by atoms with Crippen LogP contribution in [-0.2, 0) is 0 Å². The largest absolute Gasteiger partial charge is 0.412 e. The highest BCUT2D eigenvalue weighted by Gasteiger charge is 2.00. The van der Waals surface area contributed by atoms with Gasteiger partial charge in [0.1, 0.15) is 5.82 Å². The number of thioether (sulfide) groups is 1. The van der Waals surface area contributed by atoms with E-state index < -0.39 is 0 Å². The Morgan fingerprint density at radius 3 is 2.56 bits per heavy atom. The monoisotopic (exact) mass is 236 g/mol. The van der Waals surface area contributed by atoms with Crippen LogP contribution in [0.3, 0.4) is 0 Å². The van der Waals surface area contributed by atoms with Gasteiger partial charge in [-0.05, 0) is 30.0 Å². The molecule has 0 atom stereocenters. The predicted molar refractivity (Wildman–Crippen MR) is 61.4 cm³/mol. The molecule has 0 aliphatic rings. The Morgan fingerprint density at radius 1 is 1.19 bits per heavy atom. The van der Waals surface area contributed by atoms with Crippen LogP contribution in [0.2, 0.25) is 0 Å². The molecular formula is C11H9FN2OS. The molecule has 0 saturated heterocycles. The fraction of sp³-hybridized carbons (Fsp3) is 0.0909. The summed E-state index contributed by atoms with van der Waals surface area (Å²) in [6.45, 7) is 0. The Kier molecular flexibility index (Phi) is 3.36. The zero-order valence-electron chi connectivity index (χ0n) is 8.55. The fourth-order valence-electron chi connectivity index (χ4n) is 1.11. The smallest absolute Gasteiger partial charge is 0.276 e. The number of benzene rings is 1. The lowest BCUT2D eigenvalue weighted by atomic mass is 10.2. The predicted octanol–water partition coefficient (Wildman–Crippen LogP) is 3.10. The standard InChI is InChI=1S/C11H9FN2OS/c1-16-11-14-13-10(15-11)7-4-8-2-5-9(12)6-3-8/h2-7H,1H3/b7-4+. The second-order valence-corrected chi connectivity index (χ2v) is 3.75. The average molecular weight is 236 g/mol. The molecule has 5 heteroatoms. The van der Waals surface area contributed by atoms with Gasteiger partial charge in [-0.2, -0.15) is 0 Å². The van der Waals surface area contributed by atoms with Crippen LogP contribution in [0.25, 0.3) is 12.2 Å². The molecule has 2 rings (SSSR count).